The lowest BCUT2D eigenvalue weighted by atomic mass is 9.95. The van der Waals surface area contributed by atoms with Gasteiger partial charge in [-0.1, -0.05) is 41.4 Å². The van der Waals surface area contributed by atoms with Gasteiger partial charge in [0.05, 0.1) is 12.7 Å². The number of anilines is 2. The minimum atomic E-state index is -0.489. The molecule has 0 unspecified atom stereocenters. The molecule has 4 aromatic rings. The van der Waals surface area contributed by atoms with Crippen molar-refractivity contribution in [2.75, 3.05) is 17.7 Å². The van der Waals surface area contributed by atoms with Gasteiger partial charge in [0.2, 0.25) is 5.95 Å². The number of hydrogen-bond acceptors (Lipinski definition) is 6. The van der Waals surface area contributed by atoms with E-state index in [1.807, 2.05) is 37.3 Å². The second kappa shape index (κ2) is 10.5. The number of allylic oxidation sites excluding steroid dienone is 1. The van der Waals surface area contributed by atoms with Gasteiger partial charge < -0.3 is 20.1 Å². The molecule has 1 atom stereocenters. The molecular formula is C27H23Cl2N5O3. The van der Waals surface area contributed by atoms with Crippen molar-refractivity contribution < 1.29 is 14.3 Å². The van der Waals surface area contributed by atoms with Crippen molar-refractivity contribution in [2.24, 2.45) is 0 Å². The topological polar surface area (TPSA) is 90.3 Å². The van der Waals surface area contributed by atoms with Crippen LogP contribution in [0.2, 0.25) is 10.0 Å². The molecule has 0 saturated carbocycles. The second-order valence-corrected chi connectivity index (χ2v) is 9.21. The summed E-state index contributed by atoms with van der Waals surface area (Å²) >= 11 is 12.2. The molecule has 37 heavy (non-hydrogen) atoms. The highest BCUT2D eigenvalue weighted by atomic mass is 35.5. The molecule has 5 rings (SSSR count). The van der Waals surface area contributed by atoms with Crippen molar-refractivity contribution >= 4 is 40.7 Å². The van der Waals surface area contributed by atoms with Crippen molar-refractivity contribution in [2.45, 2.75) is 19.6 Å². The van der Waals surface area contributed by atoms with Crippen LogP contribution >= 0.6 is 23.2 Å². The first kappa shape index (κ1) is 24.7. The molecule has 1 aliphatic heterocycles. The van der Waals surface area contributed by atoms with Crippen LogP contribution < -0.4 is 20.1 Å². The van der Waals surface area contributed by atoms with E-state index < -0.39 is 6.04 Å². The molecule has 1 aliphatic rings. The number of nitrogens with zero attached hydrogens (tertiary/aromatic N) is 3. The van der Waals surface area contributed by atoms with Crippen molar-refractivity contribution in [3.05, 3.63) is 105 Å². The van der Waals surface area contributed by atoms with Crippen LogP contribution in [0, 0.1) is 0 Å². The maximum Gasteiger partial charge on any atom is 0.255 e. The van der Waals surface area contributed by atoms with Crippen LogP contribution in [0.4, 0.5) is 11.6 Å². The van der Waals surface area contributed by atoms with Gasteiger partial charge in [0, 0.05) is 27.0 Å². The Labute approximate surface area is 223 Å². The number of hydrogen-bond donors (Lipinski definition) is 2. The van der Waals surface area contributed by atoms with E-state index >= 15 is 0 Å². The molecular weight excluding hydrogens is 513 g/mol. The van der Waals surface area contributed by atoms with Crippen LogP contribution in [0.3, 0.4) is 0 Å². The fraction of sp³-hybridized carbons (Fsp3) is 0.148. The summed E-state index contributed by atoms with van der Waals surface area (Å²) in [7, 11) is 1.60. The van der Waals surface area contributed by atoms with E-state index in [2.05, 4.69) is 20.7 Å². The van der Waals surface area contributed by atoms with E-state index in [-0.39, 0.29) is 5.91 Å². The molecule has 0 fully saturated rings. The standard InChI is InChI=1S/C27H23Cl2N5O3/c1-16-24(26(35)33-20-7-11-21(36-2)12-8-20)25(34-27(32-16)30-15-31-34)17-4-9-22(10-5-17)37-14-18-3-6-19(28)13-23(18)29/h3-13,15,25H,14H2,1-2H3,(H,33,35)(H,30,31,32)/t25-/m1/s1. The largest absolute Gasteiger partial charge is 0.497 e. The first-order valence-electron chi connectivity index (χ1n) is 11.4. The van der Waals surface area contributed by atoms with Gasteiger partial charge in [0.15, 0.2) is 0 Å². The zero-order valence-electron chi connectivity index (χ0n) is 20.0. The Morgan fingerprint density at radius 2 is 1.78 bits per heavy atom. The van der Waals surface area contributed by atoms with Gasteiger partial charge in [-0.25, -0.2) is 4.68 Å². The van der Waals surface area contributed by atoms with Crippen LogP contribution in [0.15, 0.2) is 84.3 Å². The molecule has 0 bridgehead atoms. The zero-order valence-corrected chi connectivity index (χ0v) is 21.5. The van der Waals surface area contributed by atoms with Gasteiger partial charge in [0.25, 0.3) is 5.91 Å². The molecule has 10 heteroatoms. The molecule has 0 spiro atoms. The molecule has 2 heterocycles. The van der Waals surface area contributed by atoms with Crippen LogP contribution in [-0.2, 0) is 11.4 Å². The highest BCUT2D eigenvalue weighted by molar-refractivity contribution is 6.35. The molecule has 0 saturated heterocycles. The van der Waals surface area contributed by atoms with Crippen molar-refractivity contribution in [3.63, 3.8) is 0 Å². The molecule has 8 nitrogen and oxygen atoms in total. The highest BCUT2D eigenvalue weighted by Gasteiger charge is 2.33. The van der Waals surface area contributed by atoms with Crippen molar-refractivity contribution in [3.8, 4) is 11.5 Å². The van der Waals surface area contributed by atoms with E-state index in [9.17, 15) is 4.79 Å². The summed E-state index contributed by atoms with van der Waals surface area (Å²) in [6.07, 6.45) is 1.46. The number of halogens is 2. The molecule has 188 valence electrons. The van der Waals surface area contributed by atoms with E-state index in [1.165, 1.54) is 6.33 Å². The number of methoxy groups -OCH3 is 1. The van der Waals surface area contributed by atoms with E-state index in [1.54, 1.807) is 48.2 Å². The molecule has 3 aromatic carbocycles. The Bertz CT molecular complexity index is 1470. The van der Waals surface area contributed by atoms with Gasteiger partial charge in [-0.3, -0.25) is 4.79 Å². The van der Waals surface area contributed by atoms with Crippen molar-refractivity contribution in [1.82, 2.24) is 14.8 Å². The lowest BCUT2D eigenvalue weighted by Crippen LogP contribution is -2.31. The summed E-state index contributed by atoms with van der Waals surface area (Å²) in [6, 6.07) is 19.5. The van der Waals surface area contributed by atoms with Crippen LogP contribution in [0.1, 0.15) is 24.1 Å². The minimum absolute atomic E-state index is 0.251. The number of fused-ring (bicyclic) bond motifs is 1. The molecule has 0 radical (unpaired) electrons. The van der Waals surface area contributed by atoms with Crippen LogP contribution in [0.25, 0.3) is 0 Å². The summed E-state index contributed by atoms with van der Waals surface area (Å²) in [4.78, 5) is 17.8. The number of aromatic nitrogens is 3. The predicted molar refractivity (Wildman–Crippen MR) is 143 cm³/mol. The third kappa shape index (κ3) is 5.26. The van der Waals surface area contributed by atoms with Gasteiger partial charge in [-0.05, 0) is 61.0 Å². The average Bonchev–Trinajstić information content (AvgIpc) is 3.36. The summed E-state index contributed by atoms with van der Waals surface area (Å²) < 4.78 is 12.8. The smallest absolute Gasteiger partial charge is 0.255 e. The number of ether oxygens (including phenoxy) is 2. The Hall–Kier alpha value is -4.01. The lowest BCUT2D eigenvalue weighted by Gasteiger charge is -2.28. The van der Waals surface area contributed by atoms with E-state index in [4.69, 9.17) is 32.7 Å². The lowest BCUT2D eigenvalue weighted by molar-refractivity contribution is -0.113. The van der Waals surface area contributed by atoms with Gasteiger partial charge in [-0.2, -0.15) is 10.1 Å². The maximum atomic E-state index is 13.5. The SMILES string of the molecule is COc1ccc(NC(=O)C2=C(C)Nc3ncnn3[C@@H]2c2ccc(OCc3ccc(Cl)cc3Cl)cc2)cc1. The molecule has 2 N–H and O–H groups in total. The first-order valence-corrected chi connectivity index (χ1v) is 12.2. The van der Waals surface area contributed by atoms with Crippen molar-refractivity contribution in [1.29, 1.82) is 0 Å². The number of benzene rings is 3. The number of carbonyl (C=O) groups excluding carboxylic acids is 1. The first-order chi connectivity index (χ1) is 17.9. The number of amides is 1. The molecule has 0 aliphatic carbocycles. The third-order valence-corrected chi connectivity index (χ3v) is 6.58. The molecule has 1 aromatic heterocycles. The Balaban J connectivity index is 1.39. The monoisotopic (exact) mass is 535 g/mol. The fourth-order valence-corrected chi connectivity index (χ4v) is 4.58. The molecule has 1 amide bonds. The van der Waals surface area contributed by atoms with Crippen LogP contribution in [-0.4, -0.2) is 27.8 Å². The fourth-order valence-electron chi connectivity index (χ4n) is 4.11. The summed E-state index contributed by atoms with van der Waals surface area (Å²) in [5, 5.41) is 11.7. The zero-order chi connectivity index (χ0) is 25.9. The number of rotatable bonds is 7. The highest BCUT2D eigenvalue weighted by Crippen LogP contribution is 2.36. The Morgan fingerprint density at radius 3 is 2.49 bits per heavy atom. The van der Waals surface area contributed by atoms with Gasteiger partial charge in [-0.15, -0.1) is 0 Å². The second-order valence-electron chi connectivity index (χ2n) is 8.37. The quantitative estimate of drug-likeness (QED) is 0.297. The average molecular weight is 536 g/mol. The number of nitrogens with one attached hydrogen (secondary N) is 2. The van der Waals surface area contributed by atoms with Crippen LogP contribution in [0.5, 0.6) is 11.5 Å². The summed E-state index contributed by atoms with van der Waals surface area (Å²) in [5.41, 5.74) is 3.55. The van der Waals surface area contributed by atoms with Gasteiger partial charge >= 0.3 is 0 Å². The van der Waals surface area contributed by atoms with E-state index in [0.29, 0.717) is 51.1 Å². The predicted octanol–water partition coefficient (Wildman–Crippen LogP) is 6.10. The summed E-state index contributed by atoms with van der Waals surface area (Å²) in [5.74, 6) is 1.67. The Kier molecular flexibility index (Phi) is 7.03. The Morgan fingerprint density at radius 1 is 1.05 bits per heavy atom. The minimum Gasteiger partial charge on any atom is -0.497 e. The third-order valence-electron chi connectivity index (χ3n) is 5.99. The van der Waals surface area contributed by atoms with Gasteiger partial charge in [0.1, 0.15) is 30.5 Å². The van der Waals surface area contributed by atoms with E-state index in [0.717, 1.165) is 11.1 Å². The summed E-state index contributed by atoms with van der Waals surface area (Å²) in [6.45, 7) is 2.14. The number of carbonyl (C=O) groups is 1. The normalized spacial score (nSPS) is 14.5. The maximum absolute atomic E-state index is 13.5.